The molecule has 0 amide bonds. The van der Waals surface area contributed by atoms with Crippen molar-refractivity contribution in [3.8, 4) is 0 Å². The van der Waals surface area contributed by atoms with Crippen LogP contribution in [0.5, 0.6) is 0 Å². The summed E-state index contributed by atoms with van der Waals surface area (Å²) in [5.41, 5.74) is 2.18. The summed E-state index contributed by atoms with van der Waals surface area (Å²) in [6.45, 7) is 2.04. The van der Waals surface area contributed by atoms with Crippen LogP contribution in [0, 0.1) is 6.92 Å². The fourth-order valence-corrected chi connectivity index (χ4v) is 1.28. The number of rotatable bonds is 1. The Morgan fingerprint density at radius 3 is 2.69 bits per heavy atom. The number of anilines is 1. The number of halogens is 1. The minimum Gasteiger partial charge on any atom is -0.366 e. The summed E-state index contributed by atoms with van der Waals surface area (Å²) in [5, 5.41) is 6.54. The summed E-state index contributed by atoms with van der Waals surface area (Å²) in [6.07, 6.45) is 0. The maximum atomic E-state index is 4.98. The molecule has 2 N–H and O–H groups in total. The van der Waals surface area contributed by atoms with Gasteiger partial charge in [-0.05, 0) is 42.9 Å². The molecular formula is C9H11BrN2S. The highest BCUT2D eigenvalue weighted by Crippen LogP contribution is 2.19. The topological polar surface area (TPSA) is 24.1 Å². The van der Waals surface area contributed by atoms with Crippen LogP contribution in [-0.2, 0) is 0 Å². The van der Waals surface area contributed by atoms with Crippen molar-refractivity contribution in [3.05, 3.63) is 28.2 Å². The van der Waals surface area contributed by atoms with Crippen molar-refractivity contribution < 1.29 is 0 Å². The van der Waals surface area contributed by atoms with E-state index in [-0.39, 0.29) is 0 Å². The SMILES string of the molecule is CNC(=S)Nc1ccc(Br)c(C)c1. The Kier molecular flexibility index (Phi) is 3.69. The molecule has 0 aliphatic heterocycles. The van der Waals surface area contributed by atoms with Gasteiger partial charge in [0.15, 0.2) is 5.11 Å². The van der Waals surface area contributed by atoms with Crippen molar-refractivity contribution in [1.82, 2.24) is 5.32 Å². The van der Waals surface area contributed by atoms with Crippen molar-refractivity contribution in [2.75, 3.05) is 12.4 Å². The molecule has 1 rings (SSSR count). The predicted molar refractivity (Wildman–Crippen MR) is 64.2 cm³/mol. The molecule has 0 aliphatic rings. The molecule has 0 radical (unpaired) electrons. The standard InChI is InChI=1S/C9H11BrN2S/c1-6-5-7(3-4-8(6)10)12-9(13)11-2/h3-5H,1-2H3,(H2,11,12,13). The fourth-order valence-electron chi connectivity index (χ4n) is 0.916. The lowest BCUT2D eigenvalue weighted by Crippen LogP contribution is -2.24. The maximum absolute atomic E-state index is 4.98. The van der Waals surface area contributed by atoms with Crippen molar-refractivity contribution >= 4 is 38.9 Å². The van der Waals surface area contributed by atoms with Crippen molar-refractivity contribution in [2.45, 2.75) is 6.92 Å². The fraction of sp³-hybridized carbons (Fsp3) is 0.222. The average Bonchev–Trinajstić information content (AvgIpc) is 2.11. The zero-order valence-corrected chi connectivity index (χ0v) is 9.92. The third-order valence-corrected chi connectivity index (χ3v) is 2.84. The van der Waals surface area contributed by atoms with Gasteiger partial charge in [0.2, 0.25) is 0 Å². The first-order valence-electron chi connectivity index (χ1n) is 3.88. The quantitative estimate of drug-likeness (QED) is 0.758. The van der Waals surface area contributed by atoms with Gasteiger partial charge in [-0.25, -0.2) is 0 Å². The van der Waals surface area contributed by atoms with Crippen LogP contribution in [0.1, 0.15) is 5.56 Å². The highest BCUT2D eigenvalue weighted by molar-refractivity contribution is 9.10. The van der Waals surface area contributed by atoms with Crippen molar-refractivity contribution in [2.24, 2.45) is 0 Å². The van der Waals surface area contributed by atoms with Crippen molar-refractivity contribution in [1.29, 1.82) is 0 Å². The summed E-state index contributed by atoms with van der Waals surface area (Å²) in [4.78, 5) is 0. The normalized spacial score (nSPS) is 9.46. The summed E-state index contributed by atoms with van der Waals surface area (Å²) in [5.74, 6) is 0. The molecule has 0 aromatic heterocycles. The lowest BCUT2D eigenvalue weighted by molar-refractivity contribution is 1.19. The van der Waals surface area contributed by atoms with Gasteiger partial charge < -0.3 is 10.6 Å². The Balaban J connectivity index is 2.79. The number of benzene rings is 1. The molecule has 70 valence electrons. The summed E-state index contributed by atoms with van der Waals surface area (Å²) in [6, 6.07) is 6.00. The molecule has 0 bridgehead atoms. The molecule has 2 nitrogen and oxygen atoms in total. The van der Waals surface area contributed by atoms with Gasteiger partial charge in [-0.2, -0.15) is 0 Å². The van der Waals surface area contributed by atoms with Gasteiger partial charge in [-0.3, -0.25) is 0 Å². The molecule has 0 saturated heterocycles. The van der Waals surface area contributed by atoms with E-state index in [1.165, 1.54) is 5.56 Å². The maximum Gasteiger partial charge on any atom is 0.170 e. The van der Waals surface area contributed by atoms with E-state index >= 15 is 0 Å². The van der Waals surface area contributed by atoms with E-state index in [9.17, 15) is 0 Å². The smallest absolute Gasteiger partial charge is 0.170 e. The lowest BCUT2D eigenvalue weighted by atomic mass is 10.2. The van der Waals surface area contributed by atoms with Gasteiger partial charge in [0.1, 0.15) is 0 Å². The minimum absolute atomic E-state index is 0.627. The van der Waals surface area contributed by atoms with Crippen LogP contribution in [-0.4, -0.2) is 12.2 Å². The molecule has 13 heavy (non-hydrogen) atoms. The summed E-state index contributed by atoms with van der Waals surface area (Å²) < 4.78 is 1.11. The van der Waals surface area contributed by atoms with E-state index in [0.717, 1.165) is 10.2 Å². The monoisotopic (exact) mass is 258 g/mol. The van der Waals surface area contributed by atoms with Crippen LogP contribution in [0.4, 0.5) is 5.69 Å². The van der Waals surface area contributed by atoms with Gasteiger partial charge >= 0.3 is 0 Å². The summed E-state index contributed by atoms with van der Waals surface area (Å²) >= 11 is 8.42. The van der Waals surface area contributed by atoms with E-state index < -0.39 is 0 Å². The Labute approximate surface area is 91.9 Å². The van der Waals surface area contributed by atoms with E-state index in [4.69, 9.17) is 12.2 Å². The summed E-state index contributed by atoms with van der Waals surface area (Å²) in [7, 11) is 1.79. The van der Waals surface area contributed by atoms with Crippen molar-refractivity contribution in [3.63, 3.8) is 0 Å². The second kappa shape index (κ2) is 4.58. The highest BCUT2D eigenvalue weighted by Gasteiger charge is 1.97. The molecule has 0 spiro atoms. The first-order valence-corrected chi connectivity index (χ1v) is 5.08. The van der Waals surface area contributed by atoms with E-state index in [0.29, 0.717) is 5.11 Å². The van der Waals surface area contributed by atoms with Crippen LogP contribution >= 0.6 is 28.1 Å². The molecular weight excluding hydrogens is 248 g/mol. The minimum atomic E-state index is 0.627. The lowest BCUT2D eigenvalue weighted by Gasteiger charge is -2.08. The third-order valence-electron chi connectivity index (χ3n) is 1.64. The molecule has 0 aliphatic carbocycles. The third kappa shape index (κ3) is 2.97. The van der Waals surface area contributed by atoms with Gasteiger partial charge in [-0.15, -0.1) is 0 Å². The van der Waals surface area contributed by atoms with Crippen LogP contribution in [0.15, 0.2) is 22.7 Å². The highest BCUT2D eigenvalue weighted by atomic mass is 79.9. The van der Waals surface area contributed by atoms with Gasteiger partial charge in [0.25, 0.3) is 0 Å². The molecule has 0 atom stereocenters. The molecule has 0 heterocycles. The Hall–Kier alpha value is -0.610. The van der Waals surface area contributed by atoms with Crippen LogP contribution in [0.3, 0.4) is 0 Å². The second-order valence-electron chi connectivity index (χ2n) is 2.67. The predicted octanol–water partition coefficient (Wildman–Crippen LogP) is 2.67. The zero-order chi connectivity index (χ0) is 9.84. The second-order valence-corrected chi connectivity index (χ2v) is 3.93. The van der Waals surface area contributed by atoms with Crippen LogP contribution in [0.25, 0.3) is 0 Å². The largest absolute Gasteiger partial charge is 0.366 e. The Bertz CT molecular complexity index is 325. The number of thiocarbonyl (C=S) groups is 1. The molecule has 0 fully saturated rings. The number of aryl methyl sites for hydroxylation is 1. The van der Waals surface area contributed by atoms with Crippen LogP contribution < -0.4 is 10.6 Å². The molecule has 4 heteroatoms. The van der Waals surface area contributed by atoms with Gasteiger partial charge in [-0.1, -0.05) is 15.9 Å². The average molecular weight is 259 g/mol. The van der Waals surface area contributed by atoms with Gasteiger partial charge in [0.05, 0.1) is 0 Å². The zero-order valence-electron chi connectivity index (χ0n) is 7.52. The number of hydrogen-bond acceptors (Lipinski definition) is 1. The number of hydrogen-bond donors (Lipinski definition) is 2. The number of nitrogens with one attached hydrogen (secondary N) is 2. The molecule has 0 unspecified atom stereocenters. The van der Waals surface area contributed by atoms with Crippen LogP contribution in [0.2, 0.25) is 0 Å². The Morgan fingerprint density at radius 1 is 1.46 bits per heavy atom. The molecule has 1 aromatic rings. The van der Waals surface area contributed by atoms with E-state index in [2.05, 4.69) is 26.6 Å². The molecule has 0 saturated carbocycles. The first kappa shape index (κ1) is 10.5. The molecule has 1 aromatic carbocycles. The van der Waals surface area contributed by atoms with Gasteiger partial charge in [0, 0.05) is 17.2 Å². The van der Waals surface area contributed by atoms with E-state index in [1.807, 2.05) is 25.1 Å². The van der Waals surface area contributed by atoms with E-state index in [1.54, 1.807) is 7.05 Å². The Morgan fingerprint density at radius 2 is 2.15 bits per heavy atom. The first-order chi connectivity index (χ1) is 6.13.